The van der Waals surface area contributed by atoms with Gasteiger partial charge in [0.05, 0.1) is 12.2 Å². The van der Waals surface area contributed by atoms with Gasteiger partial charge in [-0.3, -0.25) is 0 Å². The van der Waals surface area contributed by atoms with Gasteiger partial charge in [-0.25, -0.2) is 0 Å². The Morgan fingerprint density at radius 1 is 0.714 bits per heavy atom. The molecule has 0 bridgehead atoms. The molecule has 1 heterocycles. The Hall–Kier alpha value is 0.704. The maximum atomic E-state index is 6.69. The van der Waals surface area contributed by atoms with E-state index in [9.17, 15) is 0 Å². The van der Waals surface area contributed by atoms with Crippen molar-refractivity contribution in [1.82, 2.24) is 0 Å². The third-order valence-corrected chi connectivity index (χ3v) is 7.54. The fourth-order valence-electron chi connectivity index (χ4n) is 2.77. The van der Waals surface area contributed by atoms with Gasteiger partial charge in [0.15, 0.2) is 16.6 Å². The van der Waals surface area contributed by atoms with Gasteiger partial charge >= 0.3 is 0 Å². The van der Waals surface area contributed by atoms with Gasteiger partial charge in [0.2, 0.25) is 0 Å². The molecule has 0 aromatic carbocycles. The molecule has 0 radical (unpaired) electrons. The lowest BCUT2D eigenvalue weighted by Crippen LogP contribution is -2.56. The smallest absolute Gasteiger partial charge is 0.184 e. The summed E-state index contributed by atoms with van der Waals surface area (Å²) in [6, 6.07) is 0. The van der Waals surface area contributed by atoms with Gasteiger partial charge in [-0.05, 0) is 39.3 Å². The molecule has 1 saturated heterocycles. The molecular formula is C16H36O2SSi2. The van der Waals surface area contributed by atoms with Crippen molar-refractivity contribution in [3.8, 4) is 0 Å². The predicted molar refractivity (Wildman–Crippen MR) is 101 cm³/mol. The molecule has 0 amide bonds. The molecule has 2 unspecified atom stereocenters. The minimum Gasteiger partial charge on any atom is -0.412 e. The summed E-state index contributed by atoms with van der Waals surface area (Å²) in [6.07, 6.45) is 0.391. The van der Waals surface area contributed by atoms with E-state index in [2.05, 4.69) is 78.7 Å². The van der Waals surface area contributed by atoms with Crippen LogP contribution in [0.25, 0.3) is 0 Å². The summed E-state index contributed by atoms with van der Waals surface area (Å²) in [4.78, 5) is 0. The molecule has 1 aliphatic heterocycles. The Labute approximate surface area is 139 Å². The first-order chi connectivity index (χ1) is 9.14. The lowest BCUT2D eigenvalue weighted by molar-refractivity contribution is -0.0646. The second-order valence-corrected chi connectivity index (χ2v) is 19.7. The average Bonchev–Trinajstić information content (AvgIpc) is 2.25. The zero-order chi connectivity index (χ0) is 16.7. The predicted octanol–water partition coefficient (Wildman–Crippen LogP) is 5.23. The van der Waals surface area contributed by atoms with E-state index in [1.54, 1.807) is 0 Å². The van der Waals surface area contributed by atoms with Crippen LogP contribution in [0, 0.1) is 10.8 Å². The highest BCUT2D eigenvalue weighted by molar-refractivity contribution is 7.99. The van der Waals surface area contributed by atoms with E-state index in [1.165, 1.54) is 0 Å². The van der Waals surface area contributed by atoms with Gasteiger partial charge in [-0.15, -0.1) is 0 Å². The molecule has 21 heavy (non-hydrogen) atoms. The Morgan fingerprint density at radius 2 is 1.00 bits per heavy atom. The summed E-state index contributed by atoms with van der Waals surface area (Å²) < 4.78 is 13.4. The summed E-state index contributed by atoms with van der Waals surface area (Å²) in [5.41, 5.74) is 0.312. The zero-order valence-electron chi connectivity index (χ0n) is 15.8. The first-order valence-electron chi connectivity index (χ1n) is 8.07. The summed E-state index contributed by atoms with van der Waals surface area (Å²) >= 11 is 2.06. The molecule has 2 nitrogen and oxygen atoms in total. The van der Waals surface area contributed by atoms with Gasteiger partial charge < -0.3 is 8.85 Å². The zero-order valence-corrected chi connectivity index (χ0v) is 18.6. The van der Waals surface area contributed by atoms with E-state index in [1.807, 2.05) is 0 Å². The van der Waals surface area contributed by atoms with Gasteiger partial charge in [0, 0.05) is 22.3 Å². The minimum atomic E-state index is -1.61. The highest BCUT2D eigenvalue weighted by Gasteiger charge is 2.49. The first-order valence-corrected chi connectivity index (χ1v) is 16.0. The lowest BCUT2D eigenvalue weighted by atomic mass is 9.76. The molecule has 0 aromatic rings. The van der Waals surface area contributed by atoms with Gasteiger partial charge in [-0.1, -0.05) is 27.7 Å². The number of hydrogen-bond donors (Lipinski definition) is 0. The summed E-state index contributed by atoms with van der Waals surface area (Å²) in [5.74, 6) is 2.30. The maximum Gasteiger partial charge on any atom is 0.184 e. The van der Waals surface area contributed by atoms with Crippen LogP contribution in [0.3, 0.4) is 0 Å². The van der Waals surface area contributed by atoms with E-state index >= 15 is 0 Å². The molecular weight excluding hydrogens is 312 g/mol. The van der Waals surface area contributed by atoms with Gasteiger partial charge in [0.1, 0.15) is 0 Å². The van der Waals surface area contributed by atoms with Crippen LogP contribution >= 0.6 is 11.8 Å². The van der Waals surface area contributed by atoms with E-state index in [-0.39, 0.29) is 23.0 Å². The summed E-state index contributed by atoms with van der Waals surface area (Å²) in [5, 5.41) is 0. The minimum absolute atomic E-state index is 0.156. The molecule has 1 fully saturated rings. The van der Waals surface area contributed by atoms with Crippen LogP contribution in [0.15, 0.2) is 0 Å². The van der Waals surface area contributed by atoms with Crippen LogP contribution in [0.1, 0.15) is 27.7 Å². The standard InChI is InChI=1S/C16H36O2SSi2/c1-15(2)11-19-12-16(3,4)14(18-21(8,9)10)13(15)17-20(5,6)7/h13-14H,11-12H2,1-10H3. The third-order valence-electron chi connectivity index (χ3n) is 3.72. The Kier molecular flexibility index (Phi) is 5.93. The molecule has 0 saturated carbocycles. The number of thioether (sulfide) groups is 1. The number of hydrogen-bond acceptors (Lipinski definition) is 3. The van der Waals surface area contributed by atoms with Crippen molar-refractivity contribution in [2.75, 3.05) is 11.5 Å². The first kappa shape index (κ1) is 19.7. The van der Waals surface area contributed by atoms with Crippen molar-refractivity contribution < 1.29 is 8.85 Å². The lowest BCUT2D eigenvalue weighted by Gasteiger charge is -2.47. The van der Waals surface area contributed by atoms with Crippen LogP contribution in [0.4, 0.5) is 0 Å². The maximum absolute atomic E-state index is 6.69. The van der Waals surface area contributed by atoms with Crippen molar-refractivity contribution in [3.63, 3.8) is 0 Å². The molecule has 0 N–H and O–H groups in total. The molecule has 126 valence electrons. The highest BCUT2D eigenvalue weighted by Crippen LogP contribution is 2.45. The van der Waals surface area contributed by atoms with E-state index in [0.717, 1.165) is 11.5 Å². The van der Waals surface area contributed by atoms with Crippen LogP contribution in [-0.4, -0.2) is 40.3 Å². The molecule has 1 rings (SSSR count). The molecule has 2 atom stereocenters. The molecule has 0 aliphatic carbocycles. The van der Waals surface area contributed by atoms with E-state index in [0.29, 0.717) is 0 Å². The fourth-order valence-corrected chi connectivity index (χ4v) is 6.66. The van der Waals surface area contributed by atoms with Crippen LogP contribution in [0.2, 0.25) is 39.3 Å². The molecule has 5 heteroatoms. The van der Waals surface area contributed by atoms with Gasteiger partial charge in [0.25, 0.3) is 0 Å². The Bertz CT molecular complexity index is 322. The van der Waals surface area contributed by atoms with E-state index < -0.39 is 16.6 Å². The Morgan fingerprint density at radius 3 is 1.24 bits per heavy atom. The monoisotopic (exact) mass is 348 g/mol. The van der Waals surface area contributed by atoms with Crippen LogP contribution in [-0.2, 0) is 8.85 Å². The number of rotatable bonds is 4. The van der Waals surface area contributed by atoms with Gasteiger partial charge in [-0.2, -0.15) is 11.8 Å². The second kappa shape index (κ2) is 6.31. The Balaban J connectivity index is 3.21. The van der Waals surface area contributed by atoms with E-state index in [4.69, 9.17) is 8.85 Å². The van der Waals surface area contributed by atoms with Crippen molar-refractivity contribution >= 4 is 28.4 Å². The summed E-state index contributed by atoms with van der Waals surface area (Å²) in [7, 11) is -3.22. The van der Waals surface area contributed by atoms with Crippen molar-refractivity contribution in [1.29, 1.82) is 0 Å². The largest absolute Gasteiger partial charge is 0.412 e. The molecule has 0 spiro atoms. The van der Waals surface area contributed by atoms with Crippen molar-refractivity contribution in [3.05, 3.63) is 0 Å². The SMILES string of the molecule is CC1(C)CSCC(C)(C)C(O[Si](C)(C)C)C1O[Si](C)(C)C. The highest BCUT2D eigenvalue weighted by atomic mass is 32.2. The van der Waals surface area contributed by atoms with Crippen LogP contribution in [0.5, 0.6) is 0 Å². The second-order valence-electron chi connectivity index (χ2n) is 9.77. The molecule has 1 aliphatic rings. The molecule has 0 aromatic heterocycles. The quantitative estimate of drug-likeness (QED) is 0.648. The fraction of sp³-hybridized carbons (Fsp3) is 1.00. The topological polar surface area (TPSA) is 18.5 Å². The van der Waals surface area contributed by atoms with Crippen LogP contribution < -0.4 is 0 Å². The summed E-state index contributed by atoms with van der Waals surface area (Å²) in [6.45, 7) is 23.2. The normalized spacial score (nSPS) is 30.0. The third kappa shape index (κ3) is 6.01. The van der Waals surface area contributed by atoms with Crippen molar-refractivity contribution in [2.24, 2.45) is 10.8 Å². The average molecular weight is 349 g/mol. The van der Waals surface area contributed by atoms with Crippen molar-refractivity contribution in [2.45, 2.75) is 79.2 Å².